The summed E-state index contributed by atoms with van der Waals surface area (Å²) in [6.07, 6.45) is 2.75. The summed E-state index contributed by atoms with van der Waals surface area (Å²) in [5, 5.41) is 21.4. The summed E-state index contributed by atoms with van der Waals surface area (Å²) < 4.78 is 13.7. The van der Waals surface area contributed by atoms with E-state index < -0.39 is 5.82 Å². The second-order valence-electron chi connectivity index (χ2n) is 5.63. The Hall–Kier alpha value is -1.44. The van der Waals surface area contributed by atoms with Crippen molar-refractivity contribution in [3.05, 3.63) is 35.1 Å². The lowest BCUT2D eigenvalue weighted by atomic mass is 9.79. The molecule has 116 valence electrons. The molecule has 0 aliphatic heterocycles. The summed E-state index contributed by atoms with van der Waals surface area (Å²) in [5.74, 6) is -0.476. The molecule has 1 aromatic carbocycles. The van der Waals surface area contributed by atoms with Gasteiger partial charge in [0.05, 0.1) is 5.56 Å². The van der Waals surface area contributed by atoms with Crippen molar-refractivity contribution < 1.29 is 9.50 Å². The van der Waals surface area contributed by atoms with E-state index in [2.05, 4.69) is 19.2 Å². The summed E-state index contributed by atoms with van der Waals surface area (Å²) >= 11 is 0. The van der Waals surface area contributed by atoms with Gasteiger partial charge >= 0.3 is 0 Å². The van der Waals surface area contributed by atoms with E-state index in [1.807, 2.05) is 13.0 Å². The number of nitrogens with zero attached hydrogens (tertiary/aromatic N) is 1. The summed E-state index contributed by atoms with van der Waals surface area (Å²) in [4.78, 5) is 0. The minimum Gasteiger partial charge on any atom is -0.396 e. The Morgan fingerprint density at radius 2 is 2.05 bits per heavy atom. The minimum absolute atomic E-state index is 0.00316. The molecule has 0 aliphatic rings. The Morgan fingerprint density at radius 3 is 2.52 bits per heavy atom. The second kappa shape index (κ2) is 8.11. The van der Waals surface area contributed by atoms with Crippen LogP contribution in [0.3, 0.4) is 0 Å². The zero-order valence-electron chi connectivity index (χ0n) is 13.1. The van der Waals surface area contributed by atoms with Crippen LogP contribution in [0.15, 0.2) is 18.2 Å². The highest BCUT2D eigenvalue weighted by Crippen LogP contribution is 2.30. The van der Waals surface area contributed by atoms with E-state index in [0.717, 1.165) is 31.4 Å². The van der Waals surface area contributed by atoms with Gasteiger partial charge in [0.15, 0.2) is 0 Å². The first-order valence-corrected chi connectivity index (χ1v) is 7.55. The van der Waals surface area contributed by atoms with Crippen LogP contribution in [0.1, 0.15) is 57.2 Å². The number of benzene rings is 1. The molecule has 1 aromatic rings. The number of nitriles is 1. The lowest BCUT2D eigenvalue weighted by Gasteiger charge is -2.33. The number of nitrogens with one attached hydrogen (secondary N) is 1. The summed E-state index contributed by atoms with van der Waals surface area (Å²) in [5.41, 5.74) is 0.980. The van der Waals surface area contributed by atoms with E-state index in [-0.39, 0.29) is 23.6 Å². The van der Waals surface area contributed by atoms with Gasteiger partial charge in [-0.05, 0) is 49.3 Å². The number of hydrogen-bond donors (Lipinski definition) is 2. The molecule has 21 heavy (non-hydrogen) atoms. The molecule has 1 atom stereocenters. The first-order valence-electron chi connectivity index (χ1n) is 7.55. The van der Waals surface area contributed by atoms with Gasteiger partial charge in [-0.25, -0.2) is 4.39 Å². The number of aliphatic hydroxyl groups is 1. The van der Waals surface area contributed by atoms with E-state index >= 15 is 0 Å². The van der Waals surface area contributed by atoms with Gasteiger partial charge < -0.3 is 10.4 Å². The van der Waals surface area contributed by atoms with Crippen LogP contribution in [0, 0.1) is 22.6 Å². The Bertz CT molecular complexity index is 492. The molecule has 0 amide bonds. The third-order valence-corrected chi connectivity index (χ3v) is 4.54. The Labute approximate surface area is 126 Å². The van der Waals surface area contributed by atoms with Crippen LogP contribution in [0.4, 0.5) is 4.39 Å². The van der Waals surface area contributed by atoms with E-state index in [0.29, 0.717) is 0 Å². The van der Waals surface area contributed by atoms with Gasteiger partial charge in [0.1, 0.15) is 11.9 Å². The molecular weight excluding hydrogens is 267 g/mol. The van der Waals surface area contributed by atoms with Gasteiger partial charge in [0, 0.05) is 19.2 Å². The molecule has 0 bridgehead atoms. The Kier molecular flexibility index (Phi) is 6.80. The minimum atomic E-state index is -0.476. The number of rotatable bonds is 8. The molecule has 1 rings (SSSR count). The van der Waals surface area contributed by atoms with Crippen molar-refractivity contribution in [3.63, 3.8) is 0 Å². The van der Waals surface area contributed by atoms with Crippen LogP contribution in [-0.2, 0) is 0 Å². The summed E-state index contributed by atoms with van der Waals surface area (Å²) in [6.45, 7) is 7.21. The molecule has 2 N–H and O–H groups in total. The fraction of sp³-hybridized carbons (Fsp3) is 0.588. The maximum absolute atomic E-state index is 13.7. The van der Waals surface area contributed by atoms with Crippen LogP contribution < -0.4 is 5.32 Å². The van der Waals surface area contributed by atoms with Crippen molar-refractivity contribution in [2.45, 2.75) is 46.1 Å². The lowest BCUT2D eigenvalue weighted by molar-refractivity contribution is 0.160. The van der Waals surface area contributed by atoms with Crippen molar-refractivity contribution in [2.24, 2.45) is 5.41 Å². The van der Waals surface area contributed by atoms with Crippen molar-refractivity contribution in [1.29, 1.82) is 5.26 Å². The smallest absolute Gasteiger partial charge is 0.141 e. The van der Waals surface area contributed by atoms with Crippen molar-refractivity contribution in [1.82, 2.24) is 5.32 Å². The van der Waals surface area contributed by atoms with Crippen LogP contribution in [0.25, 0.3) is 0 Å². The first-order chi connectivity index (χ1) is 10.0. The Balaban J connectivity index is 2.74. The number of halogens is 1. The molecule has 0 radical (unpaired) electrons. The standard InChI is InChI=1S/C17H25FN2O/c1-4-17(5-2,8-9-21)12-20-13(3)14-6-7-15(11-19)16(18)10-14/h6-7,10,13,20-21H,4-5,8-9,12H2,1-3H3. The zero-order chi connectivity index (χ0) is 15.9. The van der Waals surface area contributed by atoms with Crippen molar-refractivity contribution in [3.8, 4) is 6.07 Å². The highest BCUT2D eigenvalue weighted by atomic mass is 19.1. The third-order valence-electron chi connectivity index (χ3n) is 4.54. The second-order valence-corrected chi connectivity index (χ2v) is 5.63. The molecule has 0 fully saturated rings. The van der Waals surface area contributed by atoms with Crippen LogP contribution >= 0.6 is 0 Å². The molecule has 0 aromatic heterocycles. The van der Waals surface area contributed by atoms with Gasteiger partial charge in [0.25, 0.3) is 0 Å². The van der Waals surface area contributed by atoms with Crippen molar-refractivity contribution in [2.75, 3.05) is 13.2 Å². The maximum atomic E-state index is 13.7. The normalized spacial score (nSPS) is 13.0. The van der Waals surface area contributed by atoms with E-state index in [1.165, 1.54) is 12.1 Å². The summed E-state index contributed by atoms with van der Waals surface area (Å²) in [6, 6.07) is 6.55. The average molecular weight is 292 g/mol. The quantitative estimate of drug-likeness (QED) is 0.770. The predicted molar refractivity (Wildman–Crippen MR) is 82.3 cm³/mol. The van der Waals surface area contributed by atoms with Gasteiger partial charge in [0.2, 0.25) is 0 Å². The first kappa shape index (κ1) is 17.6. The average Bonchev–Trinajstić information content (AvgIpc) is 2.51. The van der Waals surface area contributed by atoms with E-state index in [1.54, 1.807) is 6.07 Å². The van der Waals surface area contributed by atoms with Crippen LogP contribution in [-0.4, -0.2) is 18.3 Å². The SMILES string of the molecule is CCC(CC)(CCO)CNC(C)c1ccc(C#N)c(F)c1. The van der Waals surface area contributed by atoms with Crippen molar-refractivity contribution >= 4 is 0 Å². The highest BCUT2D eigenvalue weighted by molar-refractivity contribution is 5.34. The molecule has 0 aliphatic carbocycles. The lowest BCUT2D eigenvalue weighted by Crippen LogP contribution is -2.35. The number of hydrogen-bond acceptors (Lipinski definition) is 3. The summed E-state index contributed by atoms with van der Waals surface area (Å²) in [7, 11) is 0. The van der Waals surface area contributed by atoms with Crippen LogP contribution in [0.5, 0.6) is 0 Å². The number of aliphatic hydroxyl groups excluding tert-OH is 1. The zero-order valence-corrected chi connectivity index (χ0v) is 13.1. The maximum Gasteiger partial charge on any atom is 0.141 e. The topological polar surface area (TPSA) is 56.0 Å². The van der Waals surface area contributed by atoms with E-state index in [4.69, 9.17) is 5.26 Å². The fourth-order valence-electron chi connectivity index (χ4n) is 2.56. The van der Waals surface area contributed by atoms with Gasteiger partial charge in [-0.3, -0.25) is 0 Å². The molecule has 3 nitrogen and oxygen atoms in total. The molecule has 1 unspecified atom stereocenters. The molecule has 0 heterocycles. The molecule has 0 saturated carbocycles. The Morgan fingerprint density at radius 1 is 1.38 bits per heavy atom. The fourth-order valence-corrected chi connectivity index (χ4v) is 2.56. The molecule has 4 heteroatoms. The van der Waals surface area contributed by atoms with Gasteiger partial charge in [-0.15, -0.1) is 0 Å². The monoisotopic (exact) mass is 292 g/mol. The predicted octanol–water partition coefficient (Wildman–Crippen LogP) is 3.54. The molecule has 0 spiro atoms. The largest absolute Gasteiger partial charge is 0.396 e. The molecule has 0 saturated heterocycles. The van der Waals surface area contributed by atoms with E-state index in [9.17, 15) is 9.50 Å². The molecular formula is C17H25FN2O. The van der Waals surface area contributed by atoms with Gasteiger partial charge in [-0.2, -0.15) is 5.26 Å². The van der Waals surface area contributed by atoms with Gasteiger partial charge in [-0.1, -0.05) is 19.9 Å². The third kappa shape index (κ3) is 4.52. The van der Waals surface area contributed by atoms with Crippen LogP contribution in [0.2, 0.25) is 0 Å². The highest BCUT2D eigenvalue weighted by Gasteiger charge is 2.26.